The summed E-state index contributed by atoms with van der Waals surface area (Å²) in [5.41, 5.74) is 0.934. The number of nitrogens with zero attached hydrogens (tertiary/aromatic N) is 1. The quantitative estimate of drug-likeness (QED) is 0.676. The molecule has 0 amide bonds. The van der Waals surface area contributed by atoms with Gasteiger partial charge < -0.3 is 9.47 Å². The third-order valence-corrected chi connectivity index (χ3v) is 1.76. The van der Waals surface area contributed by atoms with Crippen molar-refractivity contribution in [2.45, 2.75) is 19.6 Å². The van der Waals surface area contributed by atoms with Crippen LogP contribution in [0.25, 0.3) is 0 Å². The maximum Gasteiger partial charge on any atom is 0.334 e. The van der Waals surface area contributed by atoms with Crippen LogP contribution >= 0.6 is 0 Å². The smallest absolute Gasteiger partial charge is 0.334 e. The minimum absolute atomic E-state index is 0.365. The zero-order valence-corrected chi connectivity index (χ0v) is 8.27. The van der Waals surface area contributed by atoms with Crippen LogP contribution in [0, 0.1) is 0 Å². The fourth-order valence-electron chi connectivity index (χ4n) is 0.939. The number of hydrogen-bond acceptors (Lipinski definition) is 4. The molecule has 4 nitrogen and oxygen atoms in total. The van der Waals surface area contributed by atoms with E-state index in [1.54, 1.807) is 19.3 Å². The van der Waals surface area contributed by atoms with Crippen LogP contribution in [0.4, 0.5) is 0 Å². The first kappa shape index (κ1) is 10.7. The van der Waals surface area contributed by atoms with Crippen molar-refractivity contribution < 1.29 is 14.3 Å². The van der Waals surface area contributed by atoms with Gasteiger partial charge >= 0.3 is 5.97 Å². The number of hydrogen-bond donors (Lipinski definition) is 0. The van der Waals surface area contributed by atoms with E-state index in [1.807, 2.05) is 12.1 Å². The zero-order chi connectivity index (χ0) is 10.4. The van der Waals surface area contributed by atoms with E-state index in [2.05, 4.69) is 9.72 Å². The number of rotatable bonds is 4. The highest BCUT2D eigenvalue weighted by Crippen LogP contribution is 2.02. The van der Waals surface area contributed by atoms with E-state index in [4.69, 9.17) is 4.74 Å². The molecule has 0 fully saturated rings. The number of esters is 1. The molecule has 0 unspecified atom stereocenters. The maximum atomic E-state index is 11.0. The maximum absolute atomic E-state index is 11.0. The van der Waals surface area contributed by atoms with E-state index in [0.717, 1.165) is 5.56 Å². The molecule has 1 rings (SSSR count). The number of methoxy groups -OCH3 is 1. The highest BCUT2D eigenvalue weighted by molar-refractivity contribution is 5.73. The van der Waals surface area contributed by atoms with Gasteiger partial charge in [-0.3, -0.25) is 4.98 Å². The predicted octanol–water partition coefficient (Wildman–Crippen LogP) is 1.16. The summed E-state index contributed by atoms with van der Waals surface area (Å²) >= 11 is 0. The third kappa shape index (κ3) is 3.14. The Balaban J connectivity index is 2.38. The van der Waals surface area contributed by atoms with Crippen LogP contribution in [0.1, 0.15) is 12.5 Å². The molecule has 0 radical (unpaired) electrons. The van der Waals surface area contributed by atoms with Gasteiger partial charge in [-0.25, -0.2) is 4.79 Å². The van der Waals surface area contributed by atoms with Gasteiger partial charge in [0.15, 0.2) is 6.10 Å². The van der Waals surface area contributed by atoms with Crippen molar-refractivity contribution in [2.24, 2.45) is 0 Å². The van der Waals surface area contributed by atoms with E-state index in [9.17, 15) is 4.79 Å². The van der Waals surface area contributed by atoms with Crippen molar-refractivity contribution in [2.75, 3.05) is 7.11 Å². The monoisotopic (exact) mass is 195 g/mol. The van der Waals surface area contributed by atoms with Crippen molar-refractivity contribution in [1.29, 1.82) is 0 Å². The van der Waals surface area contributed by atoms with Gasteiger partial charge in [-0.2, -0.15) is 0 Å². The van der Waals surface area contributed by atoms with Gasteiger partial charge in [-0.15, -0.1) is 0 Å². The SMILES string of the molecule is COC(=O)[C@H](C)OCc1cccnc1. The molecule has 1 aromatic heterocycles. The summed E-state index contributed by atoms with van der Waals surface area (Å²) in [6.07, 6.45) is 2.84. The van der Waals surface area contributed by atoms with E-state index >= 15 is 0 Å². The Morgan fingerprint density at radius 3 is 3.00 bits per heavy atom. The van der Waals surface area contributed by atoms with Crippen LogP contribution in [0.2, 0.25) is 0 Å². The Bertz CT molecular complexity index is 287. The summed E-state index contributed by atoms with van der Waals surface area (Å²) in [7, 11) is 1.34. The van der Waals surface area contributed by atoms with Gasteiger partial charge in [0.25, 0.3) is 0 Å². The van der Waals surface area contributed by atoms with Gasteiger partial charge in [0.05, 0.1) is 13.7 Å². The fraction of sp³-hybridized carbons (Fsp3) is 0.400. The summed E-state index contributed by atoms with van der Waals surface area (Å²) < 4.78 is 9.79. The molecule has 1 aromatic rings. The lowest BCUT2D eigenvalue weighted by Gasteiger charge is -2.09. The number of pyridine rings is 1. The zero-order valence-electron chi connectivity index (χ0n) is 8.27. The van der Waals surface area contributed by atoms with Gasteiger partial charge in [0.1, 0.15) is 0 Å². The molecular weight excluding hydrogens is 182 g/mol. The normalized spacial score (nSPS) is 12.1. The first-order valence-electron chi connectivity index (χ1n) is 4.32. The number of aromatic nitrogens is 1. The van der Waals surface area contributed by atoms with E-state index in [-0.39, 0.29) is 5.97 Å². The molecule has 76 valence electrons. The van der Waals surface area contributed by atoms with Gasteiger partial charge in [0, 0.05) is 12.4 Å². The van der Waals surface area contributed by atoms with Crippen molar-refractivity contribution in [3.63, 3.8) is 0 Å². The molecule has 1 heterocycles. The van der Waals surface area contributed by atoms with Crippen LogP contribution in [-0.2, 0) is 20.9 Å². The molecule has 4 heteroatoms. The summed E-state index contributed by atoms with van der Waals surface area (Å²) in [5, 5.41) is 0. The molecule has 0 spiro atoms. The Hall–Kier alpha value is -1.42. The highest BCUT2D eigenvalue weighted by Gasteiger charge is 2.12. The predicted molar refractivity (Wildman–Crippen MR) is 50.5 cm³/mol. The number of carbonyl (C=O) groups excluding carboxylic acids is 1. The second-order valence-electron chi connectivity index (χ2n) is 2.84. The lowest BCUT2D eigenvalue weighted by atomic mass is 10.3. The lowest BCUT2D eigenvalue weighted by Crippen LogP contribution is -2.21. The van der Waals surface area contributed by atoms with Crippen LogP contribution in [-0.4, -0.2) is 24.2 Å². The Kier molecular flexibility index (Phi) is 4.07. The highest BCUT2D eigenvalue weighted by atomic mass is 16.6. The molecule has 14 heavy (non-hydrogen) atoms. The fourth-order valence-corrected chi connectivity index (χ4v) is 0.939. The van der Waals surface area contributed by atoms with Crippen LogP contribution in [0.15, 0.2) is 24.5 Å². The Labute approximate surface area is 82.9 Å². The minimum Gasteiger partial charge on any atom is -0.467 e. The van der Waals surface area contributed by atoms with E-state index in [1.165, 1.54) is 7.11 Å². The number of carbonyl (C=O) groups is 1. The molecule has 0 aliphatic heterocycles. The van der Waals surface area contributed by atoms with Gasteiger partial charge in [0.2, 0.25) is 0 Å². The van der Waals surface area contributed by atoms with Crippen molar-refractivity contribution in [3.05, 3.63) is 30.1 Å². The minimum atomic E-state index is -0.541. The van der Waals surface area contributed by atoms with Crippen molar-refractivity contribution in [3.8, 4) is 0 Å². The lowest BCUT2D eigenvalue weighted by molar-refractivity contribution is -0.153. The van der Waals surface area contributed by atoms with Gasteiger partial charge in [-0.1, -0.05) is 6.07 Å². The second kappa shape index (κ2) is 5.34. The molecule has 0 N–H and O–H groups in total. The summed E-state index contributed by atoms with van der Waals surface area (Å²) in [4.78, 5) is 14.9. The molecule has 0 saturated heterocycles. The summed E-state index contributed by atoms with van der Waals surface area (Å²) in [5.74, 6) is -0.367. The average Bonchev–Trinajstić information content (AvgIpc) is 2.26. The molecule has 0 saturated carbocycles. The van der Waals surface area contributed by atoms with Crippen LogP contribution in [0.3, 0.4) is 0 Å². The molecule has 0 aliphatic carbocycles. The molecule has 0 aliphatic rings. The molecule has 0 bridgehead atoms. The molecule has 0 aromatic carbocycles. The summed E-state index contributed by atoms with van der Waals surface area (Å²) in [6, 6.07) is 3.71. The Morgan fingerprint density at radius 2 is 2.43 bits per heavy atom. The number of ether oxygens (including phenoxy) is 2. The summed E-state index contributed by atoms with van der Waals surface area (Å²) in [6.45, 7) is 2.02. The van der Waals surface area contributed by atoms with E-state index < -0.39 is 6.10 Å². The Morgan fingerprint density at radius 1 is 1.64 bits per heavy atom. The topological polar surface area (TPSA) is 48.4 Å². The largest absolute Gasteiger partial charge is 0.467 e. The van der Waals surface area contributed by atoms with Crippen molar-refractivity contribution >= 4 is 5.97 Å². The van der Waals surface area contributed by atoms with Gasteiger partial charge in [-0.05, 0) is 18.6 Å². The second-order valence-corrected chi connectivity index (χ2v) is 2.84. The van der Waals surface area contributed by atoms with Crippen molar-refractivity contribution in [1.82, 2.24) is 4.98 Å². The molecule has 1 atom stereocenters. The average molecular weight is 195 g/mol. The molecular formula is C10H13NO3. The first-order chi connectivity index (χ1) is 6.74. The van der Waals surface area contributed by atoms with Crippen LogP contribution in [0.5, 0.6) is 0 Å². The van der Waals surface area contributed by atoms with Crippen LogP contribution < -0.4 is 0 Å². The standard InChI is InChI=1S/C10H13NO3/c1-8(10(12)13-2)14-7-9-4-3-5-11-6-9/h3-6,8H,7H2,1-2H3/t8-/m0/s1. The first-order valence-corrected chi connectivity index (χ1v) is 4.32. The van der Waals surface area contributed by atoms with E-state index in [0.29, 0.717) is 6.61 Å². The third-order valence-electron chi connectivity index (χ3n) is 1.76.